The highest BCUT2D eigenvalue weighted by Crippen LogP contribution is 2.18. The number of carbonyl (C=O) groups excluding carboxylic acids is 1. The van der Waals surface area contributed by atoms with E-state index in [1.54, 1.807) is 0 Å². The molecule has 0 aromatic carbocycles. The van der Waals surface area contributed by atoms with Gasteiger partial charge in [-0.2, -0.15) is 0 Å². The molecule has 0 spiro atoms. The van der Waals surface area contributed by atoms with Crippen LogP contribution in [0.5, 0.6) is 0 Å². The van der Waals surface area contributed by atoms with E-state index in [0.717, 1.165) is 24.2 Å². The highest BCUT2D eigenvalue weighted by Gasteiger charge is 2.08. The Balaban J connectivity index is 0.00000137. The zero-order chi connectivity index (χ0) is 14.0. The van der Waals surface area contributed by atoms with Crippen LogP contribution >= 0.6 is 0 Å². The highest BCUT2D eigenvalue weighted by atomic mass is 16.5. The van der Waals surface area contributed by atoms with Crippen LogP contribution in [0.15, 0.2) is 47.5 Å². The molecule has 0 saturated carbocycles. The number of Topliss-reactive ketones (excluding diaryl/α,β-unsaturated/α-hetero) is 1. The van der Waals surface area contributed by atoms with Crippen molar-refractivity contribution in [1.29, 1.82) is 0 Å². The summed E-state index contributed by atoms with van der Waals surface area (Å²) in [6.07, 6.45) is 11.5. The fourth-order valence-corrected chi connectivity index (χ4v) is 1.39. The normalized spacial score (nSPS) is 14.8. The number of hydrogen-bond donors (Lipinski definition) is 0. The Morgan fingerprint density at radius 2 is 1.94 bits per heavy atom. The van der Waals surface area contributed by atoms with E-state index in [0.29, 0.717) is 5.76 Å². The topological polar surface area (TPSA) is 26.3 Å². The molecule has 0 radical (unpaired) electrons. The number of allylic oxidation sites excluding steroid dienone is 7. The minimum absolute atomic E-state index is 0.0382. The second-order valence-electron chi connectivity index (χ2n) is 3.72. The van der Waals surface area contributed by atoms with E-state index in [1.165, 1.54) is 6.92 Å². The van der Waals surface area contributed by atoms with Crippen LogP contribution in [0.1, 0.15) is 47.5 Å². The lowest BCUT2D eigenvalue weighted by Crippen LogP contribution is -2.02. The van der Waals surface area contributed by atoms with Crippen molar-refractivity contribution in [2.75, 3.05) is 0 Å². The average molecular weight is 248 g/mol. The number of hydrogen-bond acceptors (Lipinski definition) is 2. The van der Waals surface area contributed by atoms with Gasteiger partial charge in [0, 0.05) is 6.92 Å². The van der Waals surface area contributed by atoms with E-state index in [-0.39, 0.29) is 5.78 Å². The Morgan fingerprint density at radius 1 is 1.33 bits per heavy atom. The number of rotatable bonds is 4. The maximum absolute atomic E-state index is 11.3. The molecule has 0 unspecified atom stereocenters. The SMILES string of the molecule is CC.CC/C=C(/OC1=C(C)C=CCC=C1)C(C)=O. The van der Waals surface area contributed by atoms with Crippen molar-refractivity contribution in [3.05, 3.63) is 47.5 Å². The Labute approximate surface area is 111 Å². The summed E-state index contributed by atoms with van der Waals surface area (Å²) in [5.74, 6) is 1.14. The van der Waals surface area contributed by atoms with Crippen molar-refractivity contribution in [2.45, 2.75) is 47.5 Å². The van der Waals surface area contributed by atoms with E-state index in [1.807, 2.05) is 52.0 Å². The fraction of sp³-hybridized carbons (Fsp3) is 0.438. The molecule has 2 heteroatoms. The van der Waals surface area contributed by atoms with Crippen molar-refractivity contribution in [1.82, 2.24) is 0 Å². The van der Waals surface area contributed by atoms with E-state index in [9.17, 15) is 4.79 Å². The molecule has 0 aromatic heterocycles. The molecule has 0 amide bonds. The second kappa shape index (κ2) is 9.46. The van der Waals surface area contributed by atoms with Gasteiger partial charge in [-0.1, -0.05) is 39.0 Å². The molecule has 0 bridgehead atoms. The molecule has 0 fully saturated rings. The quantitative estimate of drug-likeness (QED) is 0.532. The zero-order valence-corrected chi connectivity index (χ0v) is 12.1. The molecular formula is C16H24O2. The summed E-state index contributed by atoms with van der Waals surface area (Å²) in [5, 5.41) is 0. The summed E-state index contributed by atoms with van der Waals surface area (Å²) in [7, 11) is 0. The Morgan fingerprint density at radius 3 is 2.50 bits per heavy atom. The third-order valence-electron chi connectivity index (χ3n) is 2.25. The van der Waals surface area contributed by atoms with E-state index in [4.69, 9.17) is 4.74 Å². The minimum atomic E-state index is -0.0382. The predicted molar refractivity (Wildman–Crippen MR) is 77.1 cm³/mol. The molecule has 0 heterocycles. The van der Waals surface area contributed by atoms with Gasteiger partial charge in [0.1, 0.15) is 5.76 Å². The third-order valence-corrected chi connectivity index (χ3v) is 2.25. The van der Waals surface area contributed by atoms with Gasteiger partial charge in [-0.3, -0.25) is 4.79 Å². The average Bonchev–Trinajstić information content (AvgIpc) is 2.56. The van der Waals surface area contributed by atoms with Gasteiger partial charge in [0.25, 0.3) is 0 Å². The number of carbonyl (C=O) groups is 1. The van der Waals surface area contributed by atoms with Gasteiger partial charge < -0.3 is 4.74 Å². The first-order valence-electron chi connectivity index (χ1n) is 6.58. The van der Waals surface area contributed by atoms with Crippen LogP contribution in [0, 0.1) is 0 Å². The molecule has 0 aliphatic heterocycles. The maximum Gasteiger partial charge on any atom is 0.194 e. The zero-order valence-electron chi connectivity index (χ0n) is 12.1. The van der Waals surface area contributed by atoms with Gasteiger partial charge in [-0.15, -0.1) is 0 Å². The third kappa shape index (κ3) is 5.67. The smallest absolute Gasteiger partial charge is 0.194 e. The predicted octanol–water partition coefficient (Wildman–Crippen LogP) is 4.70. The summed E-state index contributed by atoms with van der Waals surface area (Å²) in [6, 6.07) is 0. The molecule has 18 heavy (non-hydrogen) atoms. The van der Waals surface area contributed by atoms with Crippen LogP contribution in [-0.4, -0.2) is 5.78 Å². The Bertz CT molecular complexity index is 382. The molecule has 1 rings (SSSR count). The second-order valence-corrected chi connectivity index (χ2v) is 3.72. The summed E-state index contributed by atoms with van der Waals surface area (Å²) in [6.45, 7) is 9.48. The van der Waals surface area contributed by atoms with E-state index < -0.39 is 0 Å². The van der Waals surface area contributed by atoms with Crippen molar-refractivity contribution in [3.63, 3.8) is 0 Å². The molecule has 0 aromatic rings. The van der Waals surface area contributed by atoms with Gasteiger partial charge in [-0.25, -0.2) is 0 Å². The fourth-order valence-electron chi connectivity index (χ4n) is 1.39. The molecular weight excluding hydrogens is 224 g/mol. The first-order chi connectivity index (χ1) is 8.65. The first kappa shape index (κ1) is 16.4. The van der Waals surface area contributed by atoms with Crippen LogP contribution in [-0.2, 0) is 9.53 Å². The van der Waals surface area contributed by atoms with Gasteiger partial charge in [-0.05, 0) is 37.5 Å². The monoisotopic (exact) mass is 248 g/mol. The lowest BCUT2D eigenvalue weighted by Gasteiger charge is -2.09. The molecule has 0 N–H and O–H groups in total. The van der Waals surface area contributed by atoms with E-state index >= 15 is 0 Å². The van der Waals surface area contributed by atoms with Gasteiger partial charge in [0.2, 0.25) is 0 Å². The molecule has 0 atom stereocenters. The van der Waals surface area contributed by atoms with Crippen molar-refractivity contribution < 1.29 is 9.53 Å². The molecule has 0 saturated heterocycles. The molecule has 2 nitrogen and oxygen atoms in total. The van der Waals surface area contributed by atoms with Gasteiger partial charge in [0.15, 0.2) is 11.5 Å². The molecule has 1 aliphatic rings. The summed E-state index contributed by atoms with van der Waals surface area (Å²) in [4.78, 5) is 11.3. The Kier molecular flexibility index (Phi) is 8.63. The minimum Gasteiger partial charge on any atom is -0.454 e. The summed E-state index contributed by atoms with van der Waals surface area (Å²) < 4.78 is 5.64. The van der Waals surface area contributed by atoms with Crippen molar-refractivity contribution in [3.8, 4) is 0 Å². The van der Waals surface area contributed by atoms with Crippen molar-refractivity contribution in [2.24, 2.45) is 0 Å². The Hall–Kier alpha value is -1.57. The van der Waals surface area contributed by atoms with Gasteiger partial charge in [0.05, 0.1) is 0 Å². The maximum atomic E-state index is 11.3. The van der Waals surface area contributed by atoms with Crippen LogP contribution in [0.3, 0.4) is 0 Å². The van der Waals surface area contributed by atoms with E-state index in [2.05, 4.69) is 6.08 Å². The van der Waals surface area contributed by atoms with Crippen LogP contribution in [0.4, 0.5) is 0 Å². The first-order valence-corrected chi connectivity index (χ1v) is 6.58. The molecule has 100 valence electrons. The number of ether oxygens (including phenoxy) is 1. The van der Waals surface area contributed by atoms with Crippen LogP contribution in [0.25, 0.3) is 0 Å². The lowest BCUT2D eigenvalue weighted by atomic mass is 10.2. The van der Waals surface area contributed by atoms with Gasteiger partial charge >= 0.3 is 0 Å². The standard InChI is InChI=1S/C14H18O2.C2H6/c1-4-8-14(12(3)15)16-13-10-7-5-6-9-11(13)2;1-2/h6-10H,4-5H2,1-3H3;1-2H3/b14-8+;. The van der Waals surface area contributed by atoms with Crippen molar-refractivity contribution >= 4 is 5.78 Å². The van der Waals surface area contributed by atoms with Crippen LogP contribution in [0.2, 0.25) is 0 Å². The largest absolute Gasteiger partial charge is 0.454 e. The lowest BCUT2D eigenvalue weighted by molar-refractivity contribution is -0.116. The van der Waals surface area contributed by atoms with Crippen LogP contribution < -0.4 is 0 Å². The number of ketones is 1. The highest BCUT2D eigenvalue weighted by molar-refractivity contribution is 5.91. The summed E-state index contributed by atoms with van der Waals surface area (Å²) >= 11 is 0. The summed E-state index contributed by atoms with van der Waals surface area (Å²) in [5.41, 5.74) is 1.04. The molecule has 1 aliphatic carbocycles.